The molecule has 1 aromatic heterocycles. The van der Waals surface area contributed by atoms with Gasteiger partial charge in [-0.25, -0.2) is 4.79 Å². The number of methoxy groups -OCH3 is 1. The molecule has 0 amide bonds. The maximum Gasteiger partial charge on any atom is 0.362 e. The Bertz CT molecular complexity index is 884. The van der Waals surface area contributed by atoms with Crippen molar-refractivity contribution in [3.63, 3.8) is 0 Å². The van der Waals surface area contributed by atoms with E-state index in [0.717, 1.165) is 11.1 Å². The Kier molecular flexibility index (Phi) is 6.90. The van der Waals surface area contributed by atoms with Crippen molar-refractivity contribution in [3.05, 3.63) is 51.7 Å². The van der Waals surface area contributed by atoms with E-state index in [1.807, 2.05) is 19.2 Å². The van der Waals surface area contributed by atoms with Gasteiger partial charge in [-0.05, 0) is 43.0 Å². The molecule has 0 aliphatic rings. The van der Waals surface area contributed by atoms with Crippen LogP contribution in [0.25, 0.3) is 0 Å². The Hall–Kier alpha value is -2.23. The maximum absolute atomic E-state index is 12.3. The van der Waals surface area contributed by atoms with Gasteiger partial charge in [-0.15, -0.1) is 11.3 Å². The minimum Gasteiger partial charge on any atom is -0.458 e. The molecule has 140 valence electrons. The third-order valence-corrected chi connectivity index (χ3v) is 5.39. The molecule has 7 nitrogen and oxygen atoms in total. The number of benzene rings is 1. The summed E-state index contributed by atoms with van der Waals surface area (Å²) in [6.07, 6.45) is 0. The van der Waals surface area contributed by atoms with Gasteiger partial charge in [-0.2, -0.15) is 8.42 Å². The van der Waals surface area contributed by atoms with Crippen molar-refractivity contribution in [1.82, 2.24) is 0 Å². The number of ether oxygens (including phenoxy) is 2. The van der Waals surface area contributed by atoms with Crippen molar-refractivity contribution >= 4 is 33.1 Å². The van der Waals surface area contributed by atoms with Crippen LogP contribution in [0.4, 0.5) is 0 Å². The molecule has 0 bridgehead atoms. The van der Waals surface area contributed by atoms with E-state index in [-0.39, 0.29) is 23.8 Å². The van der Waals surface area contributed by atoms with Gasteiger partial charge in [0.2, 0.25) is 5.71 Å². The topological polar surface area (TPSA) is 91.3 Å². The van der Waals surface area contributed by atoms with Crippen LogP contribution < -0.4 is 0 Å². The standard InChI is InChI=1S/C17H19NO6S2/c1-12-4-6-14(7-5-12)26(20,21)24-18-16(15-10-13(2)11-25-15)17(19)23-9-8-22-3/h4-7,10-11H,8-9H2,1-3H3. The van der Waals surface area contributed by atoms with Gasteiger partial charge >= 0.3 is 16.1 Å². The van der Waals surface area contributed by atoms with Gasteiger partial charge in [0.05, 0.1) is 11.5 Å². The summed E-state index contributed by atoms with van der Waals surface area (Å²) < 4.78 is 39.1. The highest BCUT2D eigenvalue weighted by atomic mass is 32.2. The Morgan fingerprint density at radius 2 is 1.81 bits per heavy atom. The number of carbonyl (C=O) groups is 1. The minimum atomic E-state index is -4.15. The third kappa shape index (κ3) is 5.38. The van der Waals surface area contributed by atoms with Gasteiger partial charge in [-0.1, -0.05) is 22.9 Å². The number of rotatable bonds is 8. The van der Waals surface area contributed by atoms with E-state index < -0.39 is 16.1 Å². The Morgan fingerprint density at radius 1 is 1.12 bits per heavy atom. The average Bonchev–Trinajstić information content (AvgIpc) is 3.02. The van der Waals surface area contributed by atoms with E-state index in [1.165, 1.54) is 30.6 Å². The molecule has 2 rings (SSSR count). The average molecular weight is 397 g/mol. The highest BCUT2D eigenvalue weighted by molar-refractivity contribution is 7.86. The van der Waals surface area contributed by atoms with Crippen LogP contribution in [0.3, 0.4) is 0 Å². The van der Waals surface area contributed by atoms with Crippen LogP contribution in [0.2, 0.25) is 0 Å². The number of nitrogens with zero attached hydrogens (tertiary/aromatic N) is 1. The maximum atomic E-state index is 12.3. The lowest BCUT2D eigenvalue weighted by atomic mass is 10.2. The molecule has 1 heterocycles. The van der Waals surface area contributed by atoms with Gasteiger partial charge in [-0.3, -0.25) is 4.28 Å². The van der Waals surface area contributed by atoms with E-state index in [4.69, 9.17) is 13.8 Å². The first-order valence-corrected chi connectivity index (χ1v) is 9.92. The molecule has 0 unspecified atom stereocenters. The van der Waals surface area contributed by atoms with Gasteiger partial charge < -0.3 is 9.47 Å². The molecule has 9 heteroatoms. The molecule has 0 saturated carbocycles. The van der Waals surface area contributed by atoms with Gasteiger partial charge in [0, 0.05) is 7.11 Å². The molecule has 26 heavy (non-hydrogen) atoms. The molecule has 0 aliphatic heterocycles. The van der Waals surface area contributed by atoms with Gasteiger partial charge in [0.1, 0.15) is 11.5 Å². The van der Waals surface area contributed by atoms with Crippen molar-refractivity contribution in [3.8, 4) is 0 Å². The smallest absolute Gasteiger partial charge is 0.362 e. The summed E-state index contributed by atoms with van der Waals surface area (Å²) in [6, 6.07) is 7.80. The van der Waals surface area contributed by atoms with Crippen molar-refractivity contribution < 1.29 is 27.0 Å². The van der Waals surface area contributed by atoms with E-state index in [2.05, 4.69) is 5.16 Å². The lowest BCUT2D eigenvalue weighted by Gasteiger charge is -2.06. The van der Waals surface area contributed by atoms with Crippen LogP contribution in [0.15, 0.2) is 45.8 Å². The second-order valence-electron chi connectivity index (χ2n) is 5.40. The van der Waals surface area contributed by atoms with E-state index in [1.54, 1.807) is 18.2 Å². The molecule has 1 aromatic carbocycles. The lowest BCUT2D eigenvalue weighted by molar-refractivity contribution is -0.136. The largest absolute Gasteiger partial charge is 0.458 e. The summed E-state index contributed by atoms with van der Waals surface area (Å²) in [5.74, 6) is -0.789. The second kappa shape index (κ2) is 8.93. The first-order chi connectivity index (χ1) is 12.3. The summed E-state index contributed by atoms with van der Waals surface area (Å²) in [5.41, 5.74) is 1.60. The number of aryl methyl sites for hydroxylation is 2. The van der Waals surface area contributed by atoms with E-state index in [9.17, 15) is 13.2 Å². The van der Waals surface area contributed by atoms with E-state index >= 15 is 0 Å². The monoisotopic (exact) mass is 397 g/mol. The number of oxime groups is 1. The molecule has 0 radical (unpaired) electrons. The fourth-order valence-corrected chi connectivity index (χ4v) is 3.45. The zero-order valence-electron chi connectivity index (χ0n) is 14.6. The van der Waals surface area contributed by atoms with Crippen LogP contribution in [0, 0.1) is 13.8 Å². The molecule has 2 aromatic rings. The highest BCUT2D eigenvalue weighted by Crippen LogP contribution is 2.18. The van der Waals surface area contributed by atoms with Crippen molar-refractivity contribution in [2.24, 2.45) is 5.16 Å². The predicted octanol–water partition coefficient (Wildman–Crippen LogP) is 2.66. The van der Waals surface area contributed by atoms with Crippen LogP contribution >= 0.6 is 11.3 Å². The summed E-state index contributed by atoms with van der Waals surface area (Å²) >= 11 is 1.24. The molecule has 0 atom stereocenters. The highest BCUT2D eigenvalue weighted by Gasteiger charge is 2.22. The lowest BCUT2D eigenvalue weighted by Crippen LogP contribution is -2.21. The summed E-state index contributed by atoms with van der Waals surface area (Å²) in [4.78, 5) is 12.6. The van der Waals surface area contributed by atoms with Crippen LogP contribution in [-0.4, -0.2) is 40.4 Å². The SMILES string of the molecule is COCCOC(=O)C(=NOS(=O)(=O)c1ccc(C)cc1)c1cc(C)cs1. The van der Waals surface area contributed by atoms with Crippen molar-refractivity contribution in [1.29, 1.82) is 0 Å². The molecular formula is C17H19NO6S2. The van der Waals surface area contributed by atoms with Crippen molar-refractivity contribution in [2.45, 2.75) is 18.7 Å². The van der Waals surface area contributed by atoms with Crippen molar-refractivity contribution in [2.75, 3.05) is 20.3 Å². The third-order valence-electron chi connectivity index (χ3n) is 3.21. The zero-order valence-corrected chi connectivity index (χ0v) is 16.2. The summed E-state index contributed by atoms with van der Waals surface area (Å²) in [6.45, 7) is 3.91. The quantitative estimate of drug-likeness (QED) is 0.294. The fourth-order valence-electron chi connectivity index (χ4n) is 1.86. The number of esters is 1. The van der Waals surface area contributed by atoms with Crippen LogP contribution in [0.1, 0.15) is 16.0 Å². The van der Waals surface area contributed by atoms with Crippen LogP contribution in [0.5, 0.6) is 0 Å². The minimum absolute atomic E-state index is 0.0173. The number of hydrogen-bond donors (Lipinski definition) is 0. The summed E-state index contributed by atoms with van der Waals surface area (Å²) in [5, 5.41) is 5.39. The normalized spacial score (nSPS) is 12.0. The molecular weight excluding hydrogens is 378 g/mol. The first kappa shape index (κ1) is 20.1. The number of thiophene rings is 1. The molecule has 0 spiro atoms. The van der Waals surface area contributed by atoms with Crippen LogP contribution in [-0.2, 0) is 28.7 Å². The number of carbonyl (C=O) groups excluding carboxylic acids is 1. The second-order valence-corrected chi connectivity index (χ2v) is 7.84. The van der Waals surface area contributed by atoms with E-state index in [0.29, 0.717) is 4.88 Å². The molecule has 0 aliphatic carbocycles. The Balaban J connectivity index is 2.26. The number of hydrogen-bond acceptors (Lipinski definition) is 8. The summed E-state index contributed by atoms with van der Waals surface area (Å²) in [7, 11) is -2.67. The Morgan fingerprint density at radius 3 is 2.38 bits per heavy atom. The molecule has 0 fully saturated rings. The van der Waals surface area contributed by atoms with Gasteiger partial charge in [0.15, 0.2) is 0 Å². The molecule has 0 N–H and O–H groups in total. The fraction of sp³-hybridized carbons (Fsp3) is 0.294. The first-order valence-electron chi connectivity index (χ1n) is 7.63. The predicted molar refractivity (Wildman–Crippen MR) is 97.9 cm³/mol. The zero-order chi connectivity index (χ0) is 19.2. The van der Waals surface area contributed by atoms with Gasteiger partial charge in [0.25, 0.3) is 0 Å². The molecule has 0 saturated heterocycles. The Labute approximate surface area is 156 Å².